The van der Waals surface area contributed by atoms with Crippen LogP contribution < -0.4 is 4.72 Å². The average molecular weight is 383 g/mol. The minimum atomic E-state index is -3.90. The van der Waals surface area contributed by atoms with Crippen molar-refractivity contribution in [1.82, 2.24) is 9.38 Å². The number of fused-ring (bicyclic) bond motifs is 1. The first-order chi connectivity index (χ1) is 9.88. The number of anilines is 1. The second-order valence-electron chi connectivity index (χ2n) is 4.00. The smallest absolute Gasteiger partial charge is 0.278 e. The molecule has 3 rings (SSSR count). The van der Waals surface area contributed by atoms with Gasteiger partial charge in [-0.3, -0.25) is 9.12 Å². The molecule has 0 bridgehead atoms. The molecule has 1 aromatic carbocycles. The Kier molecular flexibility index (Phi) is 3.79. The first-order valence-corrected chi connectivity index (χ1v) is 8.97. The van der Waals surface area contributed by atoms with Crippen molar-refractivity contribution in [3.8, 4) is 0 Å². The third kappa shape index (κ3) is 2.72. The van der Waals surface area contributed by atoms with E-state index in [-0.39, 0.29) is 20.9 Å². The summed E-state index contributed by atoms with van der Waals surface area (Å²) in [5.74, 6) is 0. The molecule has 2 aromatic heterocycles. The number of rotatable bonds is 3. The maximum atomic E-state index is 12.5. The maximum absolute atomic E-state index is 12.5. The molecule has 10 heteroatoms. The van der Waals surface area contributed by atoms with Gasteiger partial charge in [-0.1, -0.05) is 34.8 Å². The van der Waals surface area contributed by atoms with E-state index in [0.29, 0.717) is 9.98 Å². The fourth-order valence-corrected chi connectivity index (χ4v) is 4.55. The molecule has 3 aromatic rings. The van der Waals surface area contributed by atoms with E-state index >= 15 is 0 Å². The third-order valence-electron chi connectivity index (χ3n) is 2.60. The Morgan fingerprint density at radius 2 is 1.95 bits per heavy atom. The van der Waals surface area contributed by atoms with Crippen molar-refractivity contribution in [3.05, 3.63) is 45.0 Å². The van der Waals surface area contributed by atoms with Gasteiger partial charge in [-0.05, 0) is 18.2 Å². The van der Waals surface area contributed by atoms with E-state index in [0.717, 1.165) is 0 Å². The number of halogens is 3. The lowest BCUT2D eigenvalue weighted by molar-refractivity contribution is 0.597. The van der Waals surface area contributed by atoms with Crippen molar-refractivity contribution in [2.24, 2.45) is 0 Å². The van der Waals surface area contributed by atoms with E-state index in [1.807, 2.05) is 0 Å². The molecule has 1 N–H and O–H groups in total. The quantitative estimate of drug-likeness (QED) is 0.740. The van der Waals surface area contributed by atoms with Crippen LogP contribution in [0.3, 0.4) is 0 Å². The molecule has 0 saturated carbocycles. The number of hydrogen-bond donors (Lipinski definition) is 1. The lowest BCUT2D eigenvalue weighted by Crippen LogP contribution is -2.15. The highest BCUT2D eigenvalue weighted by atomic mass is 35.5. The normalized spacial score (nSPS) is 12.0. The Balaban J connectivity index is 2.06. The summed E-state index contributed by atoms with van der Waals surface area (Å²) in [6.07, 6.45) is 1.59. The minimum Gasteiger partial charge on any atom is -0.278 e. The molecule has 0 aliphatic carbocycles. The zero-order valence-corrected chi connectivity index (χ0v) is 13.9. The van der Waals surface area contributed by atoms with Gasteiger partial charge < -0.3 is 0 Å². The molecule has 0 fully saturated rings. The number of benzene rings is 1. The van der Waals surface area contributed by atoms with Crippen LogP contribution >= 0.6 is 46.1 Å². The minimum absolute atomic E-state index is 0.0885. The Hall–Kier alpha value is -0.990. The largest absolute Gasteiger partial charge is 0.281 e. The van der Waals surface area contributed by atoms with Crippen LogP contribution in [0.15, 0.2) is 34.8 Å². The van der Waals surface area contributed by atoms with Crippen LogP contribution in [0.2, 0.25) is 15.2 Å². The molecule has 0 radical (unpaired) electrons. The van der Waals surface area contributed by atoms with Crippen LogP contribution in [-0.2, 0) is 10.0 Å². The van der Waals surface area contributed by atoms with Gasteiger partial charge in [0, 0.05) is 11.6 Å². The van der Waals surface area contributed by atoms with Crippen LogP contribution in [0.5, 0.6) is 0 Å². The highest BCUT2D eigenvalue weighted by Crippen LogP contribution is 2.29. The van der Waals surface area contributed by atoms with Gasteiger partial charge >= 0.3 is 0 Å². The van der Waals surface area contributed by atoms with Crippen LogP contribution in [0.1, 0.15) is 0 Å². The third-order valence-corrected chi connectivity index (χ3v) is 5.88. The summed E-state index contributed by atoms with van der Waals surface area (Å²) < 4.78 is 28.7. The number of hydrogen-bond acceptors (Lipinski definition) is 4. The number of sulfonamides is 1. The van der Waals surface area contributed by atoms with Gasteiger partial charge in [0.05, 0.1) is 15.7 Å². The summed E-state index contributed by atoms with van der Waals surface area (Å²) >= 11 is 18.9. The van der Waals surface area contributed by atoms with Crippen LogP contribution in [0.25, 0.3) is 4.96 Å². The number of nitrogens with zero attached hydrogens (tertiary/aromatic N) is 2. The van der Waals surface area contributed by atoms with E-state index in [2.05, 4.69) is 9.71 Å². The second kappa shape index (κ2) is 5.33. The fourth-order valence-electron chi connectivity index (χ4n) is 1.74. The SMILES string of the molecule is O=S(=O)(Nc1ccc(Cl)c(Cl)c1)c1c(Cl)nc2sccn12. The Bertz CT molecular complexity index is 933. The zero-order valence-electron chi connectivity index (χ0n) is 10.0. The molecule has 5 nitrogen and oxygen atoms in total. The van der Waals surface area contributed by atoms with Gasteiger partial charge in [0.2, 0.25) is 0 Å². The summed E-state index contributed by atoms with van der Waals surface area (Å²) in [6.45, 7) is 0. The summed E-state index contributed by atoms with van der Waals surface area (Å²) in [7, 11) is -3.90. The van der Waals surface area contributed by atoms with E-state index in [9.17, 15) is 8.42 Å². The summed E-state index contributed by atoms with van der Waals surface area (Å²) in [4.78, 5) is 4.49. The molecular formula is C11H6Cl3N3O2S2. The topological polar surface area (TPSA) is 63.5 Å². The number of thiazole rings is 1. The van der Waals surface area contributed by atoms with E-state index < -0.39 is 10.0 Å². The second-order valence-corrected chi connectivity index (χ2v) is 7.64. The molecule has 110 valence electrons. The summed E-state index contributed by atoms with van der Waals surface area (Å²) in [6, 6.07) is 4.42. The zero-order chi connectivity index (χ0) is 15.2. The Labute approximate surface area is 139 Å². The predicted molar refractivity (Wildman–Crippen MR) is 85.3 cm³/mol. The molecule has 0 aliphatic heterocycles. The predicted octanol–water partition coefficient (Wildman–Crippen LogP) is 4.16. The molecule has 0 amide bonds. The highest BCUT2D eigenvalue weighted by molar-refractivity contribution is 7.92. The maximum Gasteiger partial charge on any atom is 0.281 e. The van der Waals surface area contributed by atoms with Crippen molar-refractivity contribution < 1.29 is 8.42 Å². The summed E-state index contributed by atoms with van der Waals surface area (Å²) in [5, 5.41) is 2.09. The van der Waals surface area contributed by atoms with Gasteiger partial charge in [0.15, 0.2) is 15.1 Å². The van der Waals surface area contributed by atoms with Crippen molar-refractivity contribution in [3.63, 3.8) is 0 Å². The van der Waals surface area contributed by atoms with Crippen molar-refractivity contribution in [2.45, 2.75) is 5.03 Å². The molecule has 0 unspecified atom stereocenters. The standard InChI is InChI=1S/C11H6Cl3N3O2S2/c12-7-2-1-6(5-8(7)13)16-21(18,19)10-9(14)15-11-17(10)3-4-20-11/h1-5,16H. The number of nitrogens with one attached hydrogen (secondary N) is 1. The Morgan fingerprint density at radius 1 is 1.19 bits per heavy atom. The van der Waals surface area contributed by atoms with Crippen molar-refractivity contribution in [2.75, 3.05) is 4.72 Å². The van der Waals surface area contributed by atoms with Crippen LogP contribution in [-0.4, -0.2) is 17.8 Å². The van der Waals surface area contributed by atoms with E-state index in [1.54, 1.807) is 11.6 Å². The highest BCUT2D eigenvalue weighted by Gasteiger charge is 2.25. The van der Waals surface area contributed by atoms with Gasteiger partial charge in [-0.15, -0.1) is 11.3 Å². The lowest BCUT2D eigenvalue weighted by Gasteiger charge is -2.08. The number of imidazole rings is 1. The first-order valence-electron chi connectivity index (χ1n) is 5.47. The Morgan fingerprint density at radius 3 is 2.67 bits per heavy atom. The summed E-state index contributed by atoms with van der Waals surface area (Å²) in [5.41, 5.74) is 0.283. The van der Waals surface area contributed by atoms with Gasteiger partial charge in [0.1, 0.15) is 0 Å². The molecule has 2 heterocycles. The first kappa shape index (κ1) is 14.9. The van der Waals surface area contributed by atoms with Gasteiger partial charge in [-0.25, -0.2) is 4.98 Å². The van der Waals surface area contributed by atoms with Gasteiger partial charge in [0.25, 0.3) is 10.0 Å². The van der Waals surface area contributed by atoms with E-state index in [1.165, 1.54) is 33.9 Å². The molecule has 0 aliphatic rings. The molecular weight excluding hydrogens is 377 g/mol. The molecule has 21 heavy (non-hydrogen) atoms. The molecule has 0 saturated heterocycles. The van der Waals surface area contributed by atoms with Crippen LogP contribution in [0.4, 0.5) is 5.69 Å². The number of aromatic nitrogens is 2. The monoisotopic (exact) mass is 381 g/mol. The van der Waals surface area contributed by atoms with Gasteiger partial charge in [-0.2, -0.15) is 8.42 Å². The van der Waals surface area contributed by atoms with Crippen molar-refractivity contribution >= 4 is 66.8 Å². The fraction of sp³-hybridized carbons (Fsp3) is 0. The van der Waals surface area contributed by atoms with Crippen LogP contribution in [0, 0.1) is 0 Å². The van der Waals surface area contributed by atoms with Crippen molar-refractivity contribution in [1.29, 1.82) is 0 Å². The van der Waals surface area contributed by atoms with E-state index in [4.69, 9.17) is 34.8 Å². The average Bonchev–Trinajstić information content (AvgIpc) is 2.92. The molecule has 0 atom stereocenters. The lowest BCUT2D eigenvalue weighted by atomic mass is 10.3. The molecule has 0 spiro atoms.